The first kappa shape index (κ1) is 13.1. The number of nitrogens with two attached hydrogens (primary N) is 1. The quantitative estimate of drug-likeness (QED) is 0.942. The van der Waals surface area contributed by atoms with Crippen molar-refractivity contribution in [1.82, 2.24) is 4.98 Å². The van der Waals surface area contributed by atoms with Crippen LogP contribution in [0.4, 0.5) is 0 Å². The Morgan fingerprint density at radius 2 is 2.00 bits per heavy atom. The van der Waals surface area contributed by atoms with Crippen molar-refractivity contribution < 1.29 is 4.74 Å². The van der Waals surface area contributed by atoms with Crippen molar-refractivity contribution in [2.75, 3.05) is 0 Å². The van der Waals surface area contributed by atoms with Gasteiger partial charge in [-0.05, 0) is 41.1 Å². The van der Waals surface area contributed by atoms with E-state index in [9.17, 15) is 0 Å². The molecule has 2 atom stereocenters. The van der Waals surface area contributed by atoms with E-state index in [2.05, 4.69) is 20.9 Å². The standard InChI is InChI=1S/C14H15BrN2O/c1-10(16)14(11-5-4-8-17-9-11)18-13-7-3-2-6-12(13)15/h2-10,14H,16H2,1H3. The summed E-state index contributed by atoms with van der Waals surface area (Å²) < 4.78 is 6.90. The summed E-state index contributed by atoms with van der Waals surface area (Å²) in [6, 6.07) is 11.5. The average molecular weight is 307 g/mol. The predicted molar refractivity (Wildman–Crippen MR) is 75.4 cm³/mol. The van der Waals surface area contributed by atoms with Crippen LogP contribution in [0.2, 0.25) is 0 Å². The minimum Gasteiger partial charge on any atom is -0.483 e. The van der Waals surface area contributed by atoms with Gasteiger partial charge in [0.2, 0.25) is 0 Å². The maximum atomic E-state index is 6.00. The number of nitrogens with zero attached hydrogens (tertiary/aromatic N) is 1. The third-order valence-corrected chi connectivity index (χ3v) is 3.24. The second-order valence-electron chi connectivity index (χ2n) is 4.11. The molecule has 0 aliphatic heterocycles. The molecule has 0 aliphatic rings. The summed E-state index contributed by atoms with van der Waals surface area (Å²) in [6.07, 6.45) is 3.31. The molecule has 0 spiro atoms. The van der Waals surface area contributed by atoms with Crippen LogP contribution in [0.1, 0.15) is 18.6 Å². The van der Waals surface area contributed by atoms with Crippen LogP contribution in [0.5, 0.6) is 5.75 Å². The Balaban J connectivity index is 2.26. The van der Waals surface area contributed by atoms with Crippen molar-refractivity contribution in [3.63, 3.8) is 0 Å². The molecule has 0 saturated carbocycles. The lowest BCUT2D eigenvalue weighted by Gasteiger charge is -2.23. The molecular formula is C14H15BrN2O. The van der Waals surface area contributed by atoms with E-state index in [0.717, 1.165) is 15.8 Å². The fourth-order valence-corrected chi connectivity index (χ4v) is 2.08. The fraction of sp³-hybridized carbons (Fsp3) is 0.214. The number of ether oxygens (including phenoxy) is 1. The average Bonchev–Trinajstić information content (AvgIpc) is 2.38. The number of aromatic nitrogens is 1. The van der Waals surface area contributed by atoms with E-state index >= 15 is 0 Å². The molecule has 2 unspecified atom stereocenters. The normalized spacial score (nSPS) is 13.9. The van der Waals surface area contributed by atoms with Gasteiger partial charge in [0.05, 0.1) is 4.47 Å². The van der Waals surface area contributed by atoms with Crippen molar-refractivity contribution in [3.8, 4) is 5.75 Å². The Morgan fingerprint density at radius 3 is 2.61 bits per heavy atom. The van der Waals surface area contributed by atoms with Gasteiger partial charge in [-0.25, -0.2) is 0 Å². The van der Waals surface area contributed by atoms with E-state index in [-0.39, 0.29) is 12.1 Å². The van der Waals surface area contributed by atoms with E-state index < -0.39 is 0 Å². The van der Waals surface area contributed by atoms with E-state index in [4.69, 9.17) is 10.5 Å². The summed E-state index contributed by atoms with van der Waals surface area (Å²) in [5.74, 6) is 0.781. The van der Waals surface area contributed by atoms with Gasteiger partial charge in [0, 0.05) is 24.0 Å². The number of benzene rings is 1. The molecular weight excluding hydrogens is 292 g/mol. The second-order valence-corrected chi connectivity index (χ2v) is 4.97. The SMILES string of the molecule is CC(N)C(Oc1ccccc1Br)c1cccnc1. The number of halogens is 1. The minimum absolute atomic E-state index is 0.124. The summed E-state index contributed by atoms with van der Waals surface area (Å²) in [5, 5.41) is 0. The maximum Gasteiger partial charge on any atom is 0.140 e. The lowest BCUT2D eigenvalue weighted by Crippen LogP contribution is -2.29. The number of hydrogen-bond donors (Lipinski definition) is 1. The van der Waals surface area contributed by atoms with Crippen LogP contribution < -0.4 is 10.5 Å². The highest BCUT2D eigenvalue weighted by molar-refractivity contribution is 9.10. The highest BCUT2D eigenvalue weighted by atomic mass is 79.9. The van der Waals surface area contributed by atoms with Gasteiger partial charge in [0.15, 0.2) is 0 Å². The van der Waals surface area contributed by atoms with Gasteiger partial charge in [-0.2, -0.15) is 0 Å². The largest absolute Gasteiger partial charge is 0.483 e. The number of pyridine rings is 1. The van der Waals surface area contributed by atoms with Gasteiger partial charge >= 0.3 is 0 Å². The molecule has 3 nitrogen and oxygen atoms in total. The second kappa shape index (κ2) is 5.98. The molecule has 94 valence electrons. The van der Waals surface area contributed by atoms with Crippen molar-refractivity contribution >= 4 is 15.9 Å². The van der Waals surface area contributed by atoms with Crippen molar-refractivity contribution in [2.24, 2.45) is 5.73 Å². The monoisotopic (exact) mass is 306 g/mol. The first-order chi connectivity index (χ1) is 8.68. The molecule has 1 heterocycles. The molecule has 0 bridgehead atoms. The summed E-state index contributed by atoms with van der Waals surface area (Å²) in [5.41, 5.74) is 6.97. The van der Waals surface area contributed by atoms with Gasteiger partial charge < -0.3 is 10.5 Å². The van der Waals surface area contributed by atoms with Gasteiger partial charge in [-0.1, -0.05) is 18.2 Å². The highest BCUT2D eigenvalue weighted by Crippen LogP contribution is 2.29. The molecule has 4 heteroatoms. The van der Waals surface area contributed by atoms with E-state index in [1.54, 1.807) is 12.4 Å². The molecule has 0 fully saturated rings. The molecule has 0 amide bonds. The first-order valence-corrected chi connectivity index (χ1v) is 6.54. The zero-order valence-corrected chi connectivity index (χ0v) is 11.7. The Labute approximate surface area is 115 Å². The molecule has 1 aromatic heterocycles. The van der Waals surface area contributed by atoms with Crippen molar-refractivity contribution in [1.29, 1.82) is 0 Å². The van der Waals surface area contributed by atoms with E-state index in [0.29, 0.717) is 0 Å². The fourth-order valence-electron chi connectivity index (χ4n) is 1.70. The molecule has 0 saturated heterocycles. The van der Waals surface area contributed by atoms with Crippen LogP contribution in [0, 0.1) is 0 Å². The summed E-state index contributed by atoms with van der Waals surface area (Å²) in [7, 11) is 0. The Morgan fingerprint density at radius 1 is 1.22 bits per heavy atom. The van der Waals surface area contributed by atoms with Crippen LogP contribution in [-0.2, 0) is 0 Å². The zero-order chi connectivity index (χ0) is 13.0. The van der Waals surface area contributed by atoms with Crippen molar-refractivity contribution in [2.45, 2.75) is 19.1 Å². The molecule has 0 radical (unpaired) electrons. The van der Waals surface area contributed by atoms with Crippen LogP contribution in [0.15, 0.2) is 53.3 Å². The Kier molecular flexibility index (Phi) is 4.33. The summed E-state index contributed by atoms with van der Waals surface area (Å²) >= 11 is 3.47. The highest BCUT2D eigenvalue weighted by Gasteiger charge is 2.19. The zero-order valence-electron chi connectivity index (χ0n) is 10.1. The number of para-hydroxylation sites is 1. The van der Waals surface area contributed by atoms with Crippen LogP contribution in [0.3, 0.4) is 0 Å². The molecule has 18 heavy (non-hydrogen) atoms. The first-order valence-electron chi connectivity index (χ1n) is 5.75. The lowest BCUT2D eigenvalue weighted by atomic mass is 10.1. The number of hydrogen-bond acceptors (Lipinski definition) is 3. The molecule has 2 aromatic rings. The van der Waals surface area contributed by atoms with Gasteiger partial charge in [0.25, 0.3) is 0 Å². The van der Waals surface area contributed by atoms with E-state index in [1.165, 1.54) is 0 Å². The minimum atomic E-state index is -0.211. The van der Waals surface area contributed by atoms with Crippen LogP contribution in [-0.4, -0.2) is 11.0 Å². The van der Waals surface area contributed by atoms with Crippen molar-refractivity contribution in [3.05, 3.63) is 58.8 Å². The third-order valence-electron chi connectivity index (χ3n) is 2.58. The van der Waals surface area contributed by atoms with Gasteiger partial charge in [0.1, 0.15) is 11.9 Å². The van der Waals surface area contributed by atoms with Crippen LogP contribution in [0.25, 0.3) is 0 Å². The molecule has 2 rings (SSSR count). The summed E-state index contributed by atoms with van der Waals surface area (Å²) in [4.78, 5) is 4.10. The molecule has 1 aromatic carbocycles. The van der Waals surface area contributed by atoms with Gasteiger partial charge in [-0.15, -0.1) is 0 Å². The van der Waals surface area contributed by atoms with Gasteiger partial charge in [-0.3, -0.25) is 4.98 Å². The Hall–Kier alpha value is -1.39. The smallest absolute Gasteiger partial charge is 0.140 e. The topological polar surface area (TPSA) is 48.1 Å². The third kappa shape index (κ3) is 3.09. The molecule has 0 aliphatic carbocycles. The molecule has 2 N–H and O–H groups in total. The Bertz CT molecular complexity index is 502. The predicted octanol–water partition coefficient (Wildman–Crippen LogP) is 3.31. The number of rotatable bonds is 4. The summed E-state index contributed by atoms with van der Waals surface area (Å²) in [6.45, 7) is 1.93. The van der Waals surface area contributed by atoms with Crippen LogP contribution >= 0.6 is 15.9 Å². The lowest BCUT2D eigenvalue weighted by molar-refractivity contribution is 0.179. The van der Waals surface area contributed by atoms with E-state index in [1.807, 2.05) is 43.3 Å². The maximum absolute atomic E-state index is 6.00.